The van der Waals surface area contributed by atoms with E-state index in [1.165, 1.54) is 0 Å². The summed E-state index contributed by atoms with van der Waals surface area (Å²) in [4.78, 5) is 29.3. The van der Waals surface area contributed by atoms with Crippen molar-refractivity contribution in [2.24, 2.45) is 0 Å². The fourth-order valence-electron chi connectivity index (χ4n) is 3.64. The van der Waals surface area contributed by atoms with Gasteiger partial charge in [-0.05, 0) is 34.5 Å². The quantitative estimate of drug-likeness (QED) is 0.255. The zero-order valence-electron chi connectivity index (χ0n) is 17.3. The van der Waals surface area contributed by atoms with Gasteiger partial charge in [0.15, 0.2) is 21.7 Å². The summed E-state index contributed by atoms with van der Waals surface area (Å²) in [5, 5.41) is 12.6. The molecule has 0 atom stereocenters. The van der Waals surface area contributed by atoms with Crippen LogP contribution in [0.15, 0.2) is 38.4 Å². The van der Waals surface area contributed by atoms with Crippen molar-refractivity contribution in [1.82, 2.24) is 44.3 Å². The van der Waals surface area contributed by atoms with Crippen molar-refractivity contribution >= 4 is 32.9 Å². The maximum Gasteiger partial charge on any atom is 0.286 e. The van der Waals surface area contributed by atoms with Crippen LogP contribution >= 0.6 is 15.9 Å². The number of aromatic nitrogens is 9. The first-order valence-electron chi connectivity index (χ1n) is 10.4. The first-order valence-corrected chi connectivity index (χ1v) is 11.2. The highest BCUT2D eigenvalue weighted by Crippen LogP contribution is 2.18. The van der Waals surface area contributed by atoms with Gasteiger partial charge in [0.05, 0.1) is 0 Å². The van der Waals surface area contributed by atoms with Crippen LogP contribution in [0.5, 0.6) is 0 Å². The van der Waals surface area contributed by atoms with Gasteiger partial charge < -0.3 is 9.51 Å². The molecule has 0 amide bonds. The molecule has 5 rings (SSSR count). The smallest absolute Gasteiger partial charge is 0.286 e. The summed E-state index contributed by atoms with van der Waals surface area (Å²) in [7, 11) is 0. The van der Waals surface area contributed by atoms with Crippen molar-refractivity contribution in [2.75, 3.05) is 0 Å². The Kier molecular flexibility index (Phi) is 5.52. The summed E-state index contributed by atoms with van der Waals surface area (Å²) in [5.41, 5.74) is 1.37. The lowest BCUT2D eigenvalue weighted by atomic mass is 10.2. The number of hydrogen-bond donors (Lipinski definition) is 1. The normalized spacial score (nSPS) is 11.7. The van der Waals surface area contributed by atoms with E-state index in [1.54, 1.807) is 16.7 Å². The Hall–Kier alpha value is -3.41. The largest absolute Gasteiger partial charge is 0.332 e. The van der Waals surface area contributed by atoms with Gasteiger partial charge in [0.2, 0.25) is 5.78 Å². The molecule has 0 fully saturated rings. The van der Waals surface area contributed by atoms with E-state index in [1.807, 2.05) is 16.7 Å². The monoisotopic (exact) mass is 497 g/mol. The summed E-state index contributed by atoms with van der Waals surface area (Å²) < 4.78 is 9.30. The van der Waals surface area contributed by atoms with Gasteiger partial charge in [0.25, 0.3) is 11.4 Å². The van der Waals surface area contributed by atoms with Gasteiger partial charge in [0, 0.05) is 25.6 Å². The maximum absolute atomic E-state index is 13.2. The molecule has 0 saturated carbocycles. The Morgan fingerprint density at radius 2 is 2.06 bits per heavy atom. The SMILES string of the molecule is CCCCCn1c2nc(Br)[nH]c2c(=O)n2c(CCc3noc(-c4ccccn4)n3)nnc12. The molecule has 0 spiro atoms. The Labute approximate surface area is 190 Å². The van der Waals surface area contributed by atoms with Crippen LogP contribution in [0.3, 0.4) is 0 Å². The standard InChI is InChI=1S/C20H20BrN9O2/c1-2-3-6-11-29-16-15(24-19(21)25-16)18(31)30-14(26-27-20(29)30)9-8-13-23-17(32-28-13)12-7-4-5-10-22-12/h4-5,7,10H,2-3,6,8-9,11H2,1H3,(H,24,25). The molecule has 0 bridgehead atoms. The lowest BCUT2D eigenvalue weighted by Gasteiger charge is -2.09. The molecule has 5 aromatic rings. The number of fused-ring (bicyclic) bond motifs is 2. The van der Waals surface area contributed by atoms with Crippen LogP contribution in [-0.4, -0.2) is 44.3 Å². The highest BCUT2D eigenvalue weighted by molar-refractivity contribution is 9.10. The van der Waals surface area contributed by atoms with Crippen molar-refractivity contribution in [3.63, 3.8) is 0 Å². The Bertz CT molecular complexity index is 1430. The lowest BCUT2D eigenvalue weighted by Crippen LogP contribution is -2.21. The van der Waals surface area contributed by atoms with Gasteiger partial charge in [-0.3, -0.25) is 14.3 Å². The van der Waals surface area contributed by atoms with E-state index in [0.29, 0.717) is 64.3 Å². The molecule has 5 heterocycles. The predicted molar refractivity (Wildman–Crippen MR) is 119 cm³/mol. The summed E-state index contributed by atoms with van der Waals surface area (Å²) in [6, 6.07) is 5.48. The highest BCUT2D eigenvalue weighted by Gasteiger charge is 2.20. The van der Waals surface area contributed by atoms with Gasteiger partial charge in [-0.15, -0.1) is 10.2 Å². The first-order chi connectivity index (χ1) is 15.7. The number of aryl methyl sites for hydroxylation is 3. The third kappa shape index (κ3) is 3.70. The zero-order valence-corrected chi connectivity index (χ0v) is 18.9. The van der Waals surface area contributed by atoms with Gasteiger partial charge in [0.1, 0.15) is 11.5 Å². The zero-order chi connectivity index (χ0) is 22.1. The number of rotatable bonds is 8. The minimum atomic E-state index is -0.234. The van der Waals surface area contributed by atoms with Crippen molar-refractivity contribution in [2.45, 2.75) is 45.6 Å². The average Bonchev–Trinajstić information content (AvgIpc) is 3.53. The van der Waals surface area contributed by atoms with Crippen LogP contribution in [-0.2, 0) is 19.4 Å². The van der Waals surface area contributed by atoms with E-state index in [9.17, 15) is 4.79 Å². The number of unbranched alkanes of at least 4 members (excludes halogenated alkanes) is 2. The van der Waals surface area contributed by atoms with Crippen molar-refractivity contribution in [1.29, 1.82) is 0 Å². The molecule has 0 aliphatic carbocycles. The van der Waals surface area contributed by atoms with Crippen LogP contribution in [0.2, 0.25) is 0 Å². The minimum absolute atomic E-state index is 0.234. The Balaban J connectivity index is 1.47. The summed E-state index contributed by atoms with van der Waals surface area (Å²) >= 11 is 3.34. The molecule has 164 valence electrons. The van der Waals surface area contributed by atoms with Crippen LogP contribution in [0.25, 0.3) is 28.5 Å². The van der Waals surface area contributed by atoms with Crippen LogP contribution in [0.4, 0.5) is 0 Å². The molecule has 0 radical (unpaired) electrons. The third-order valence-corrected chi connectivity index (χ3v) is 5.57. The van der Waals surface area contributed by atoms with Gasteiger partial charge in [-0.25, -0.2) is 9.38 Å². The molecular formula is C20H20BrN9O2. The molecule has 5 aromatic heterocycles. The molecule has 1 N–H and O–H groups in total. The Morgan fingerprint density at radius 3 is 2.88 bits per heavy atom. The number of nitrogens with one attached hydrogen (secondary N) is 1. The van der Waals surface area contributed by atoms with Crippen LogP contribution < -0.4 is 5.56 Å². The minimum Gasteiger partial charge on any atom is -0.332 e. The highest BCUT2D eigenvalue weighted by atomic mass is 79.9. The first kappa shape index (κ1) is 20.5. The molecule has 0 aromatic carbocycles. The molecule has 12 heteroatoms. The van der Waals surface area contributed by atoms with E-state index in [-0.39, 0.29) is 5.56 Å². The number of nitrogens with zero attached hydrogens (tertiary/aromatic N) is 8. The fraction of sp³-hybridized carbons (Fsp3) is 0.350. The second-order valence-corrected chi connectivity index (χ2v) is 8.12. The molecular weight excluding hydrogens is 478 g/mol. The molecule has 11 nitrogen and oxygen atoms in total. The molecule has 0 aliphatic rings. The van der Waals surface area contributed by atoms with E-state index in [4.69, 9.17) is 4.52 Å². The molecule has 32 heavy (non-hydrogen) atoms. The predicted octanol–water partition coefficient (Wildman–Crippen LogP) is 2.95. The van der Waals surface area contributed by atoms with E-state index >= 15 is 0 Å². The topological polar surface area (TPSA) is 133 Å². The van der Waals surface area contributed by atoms with Crippen molar-refractivity contribution in [3.05, 3.63) is 51.1 Å². The number of pyridine rings is 1. The van der Waals surface area contributed by atoms with Crippen molar-refractivity contribution < 1.29 is 4.52 Å². The van der Waals surface area contributed by atoms with Crippen LogP contribution in [0.1, 0.15) is 37.8 Å². The number of H-pyrrole nitrogens is 1. The van der Waals surface area contributed by atoms with Crippen molar-refractivity contribution in [3.8, 4) is 11.6 Å². The molecule has 0 saturated heterocycles. The Morgan fingerprint density at radius 1 is 1.16 bits per heavy atom. The van der Waals surface area contributed by atoms with Crippen LogP contribution in [0, 0.1) is 0 Å². The third-order valence-electron chi connectivity index (χ3n) is 5.19. The summed E-state index contributed by atoms with van der Waals surface area (Å²) in [6.07, 6.45) is 5.65. The summed E-state index contributed by atoms with van der Waals surface area (Å²) in [6.45, 7) is 2.84. The number of hydrogen-bond acceptors (Lipinski definition) is 8. The summed E-state index contributed by atoms with van der Waals surface area (Å²) in [5.74, 6) is 1.88. The number of halogens is 1. The lowest BCUT2D eigenvalue weighted by molar-refractivity contribution is 0.421. The van der Waals surface area contributed by atoms with E-state index < -0.39 is 0 Å². The van der Waals surface area contributed by atoms with E-state index in [2.05, 4.69) is 58.1 Å². The fourth-order valence-corrected chi connectivity index (χ4v) is 4.00. The number of aromatic amines is 1. The van der Waals surface area contributed by atoms with E-state index in [0.717, 1.165) is 19.3 Å². The van der Waals surface area contributed by atoms with Gasteiger partial charge in [-0.2, -0.15) is 4.98 Å². The molecule has 0 unspecified atom stereocenters. The second-order valence-electron chi connectivity index (χ2n) is 7.37. The average molecular weight is 498 g/mol. The molecule has 0 aliphatic heterocycles. The number of imidazole rings is 1. The van der Waals surface area contributed by atoms with Gasteiger partial charge in [-0.1, -0.05) is 31.0 Å². The maximum atomic E-state index is 13.2. The van der Waals surface area contributed by atoms with Gasteiger partial charge >= 0.3 is 0 Å². The second kappa shape index (κ2) is 8.61.